The molecule has 0 aliphatic heterocycles. The Kier molecular flexibility index (Phi) is 3.46. The summed E-state index contributed by atoms with van der Waals surface area (Å²) in [6.07, 6.45) is 0.848. The lowest BCUT2D eigenvalue weighted by atomic mass is 10.1. The molecule has 0 aromatic carbocycles. The molecule has 0 radical (unpaired) electrons. The van der Waals surface area contributed by atoms with Crippen molar-refractivity contribution in [3.05, 3.63) is 10.6 Å². The van der Waals surface area contributed by atoms with Gasteiger partial charge in [0.05, 0.1) is 5.69 Å². The monoisotopic (exact) mass is 228 g/mol. The number of hydrogen-bond donors (Lipinski definition) is 2. The van der Waals surface area contributed by atoms with E-state index in [1.165, 1.54) is 25.2 Å². The van der Waals surface area contributed by atoms with Crippen molar-refractivity contribution < 1.29 is 9.90 Å². The molecule has 4 nitrogen and oxygen atoms in total. The fraction of sp³-hybridized carbons (Fsp3) is 0.600. The van der Waals surface area contributed by atoms with E-state index in [0.717, 1.165) is 17.0 Å². The number of amides is 1. The van der Waals surface area contributed by atoms with E-state index in [2.05, 4.69) is 10.3 Å². The molecule has 1 amide bonds. The van der Waals surface area contributed by atoms with Crippen molar-refractivity contribution in [2.45, 2.75) is 39.7 Å². The average molecular weight is 228 g/mol. The minimum atomic E-state index is -1.37. The van der Waals surface area contributed by atoms with E-state index >= 15 is 0 Å². The van der Waals surface area contributed by atoms with Gasteiger partial charge in [0.15, 0.2) is 5.13 Å². The zero-order valence-corrected chi connectivity index (χ0v) is 10.2. The lowest BCUT2D eigenvalue weighted by molar-refractivity contribution is -0.130. The Labute approximate surface area is 93.4 Å². The number of nitrogens with zero attached hydrogens (tertiary/aromatic N) is 1. The third kappa shape index (κ3) is 3.00. The molecule has 0 bridgehead atoms. The summed E-state index contributed by atoms with van der Waals surface area (Å²) in [7, 11) is 0. The van der Waals surface area contributed by atoms with Crippen molar-refractivity contribution in [1.82, 2.24) is 4.98 Å². The Balaban J connectivity index is 2.78. The molecular weight excluding hydrogens is 212 g/mol. The van der Waals surface area contributed by atoms with E-state index in [1.807, 2.05) is 13.8 Å². The summed E-state index contributed by atoms with van der Waals surface area (Å²) < 4.78 is 0. The maximum Gasteiger partial charge on any atom is 0.257 e. The van der Waals surface area contributed by atoms with E-state index in [0.29, 0.717) is 5.13 Å². The van der Waals surface area contributed by atoms with Crippen LogP contribution in [-0.4, -0.2) is 21.6 Å². The van der Waals surface area contributed by atoms with Crippen molar-refractivity contribution in [3.8, 4) is 0 Å². The minimum Gasteiger partial charge on any atom is -0.381 e. The van der Waals surface area contributed by atoms with Gasteiger partial charge < -0.3 is 5.11 Å². The molecule has 0 spiro atoms. The minimum absolute atomic E-state index is 0.432. The van der Waals surface area contributed by atoms with Crippen molar-refractivity contribution >= 4 is 22.4 Å². The number of aryl methyl sites for hydroxylation is 2. The topological polar surface area (TPSA) is 62.2 Å². The highest BCUT2D eigenvalue weighted by molar-refractivity contribution is 7.15. The van der Waals surface area contributed by atoms with Crippen molar-refractivity contribution in [2.24, 2.45) is 0 Å². The standard InChI is InChI=1S/C10H16N2O2S/c1-5-7-6(2)15-9(11-7)12-8(13)10(3,4)14/h14H,5H2,1-4H3,(H,11,12,13). The molecule has 1 heterocycles. The first kappa shape index (κ1) is 12.1. The molecule has 0 aliphatic carbocycles. The zero-order chi connectivity index (χ0) is 11.6. The van der Waals surface area contributed by atoms with E-state index < -0.39 is 11.5 Å². The summed E-state index contributed by atoms with van der Waals surface area (Å²) in [5.41, 5.74) is -0.377. The van der Waals surface area contributed by atoms with E-state index in [1.54, 1.807) is 0 Å². The highest BCUT2D eigenvalue weighted by atomic mass is 32.1. The molecule has 1 aromatic heterocycles. The Hall–Kier alpha value is -0.940. The van der Waals surface area contributed by atoms with Crippen molar-refractivity contribution in [2.75, 3.05) is 5.32 Å². The molecule has 0 fully saturated rings. The van der Waals surface area contributed by atoms with Crippen LogP contribution in [0, 0.1) is 6.92 Å². The van der Waals surface area contributed by atoms with Crippen LogP contribution in [0.3, 0.4) is 0 Å². The molecule has 0 saturated heterocycles. The second-order valence-corrected chi connectivity index (χ2v) is 5.09. The van der Waals surface area contributed by atoms with E-state index in [4.69, 9.17) is 0 Å². The smallest absolute Gasteiger partial charge is 0.257 e. The van der Waals surface area contributed by atoms with Gasteiger partial charge in [0, 0.05) is 4.88 Å². The van der Waals surface area contributed by atoms with Crippen LogP contribution in [0.2, 0.25) is 0 Å². The fourth-order valence-corrected chi connectivity index (χ4v) is 1.96. The highest BCUT2D eigenvalue weighted by Gasteiger charge is 2.24. The van der Waals surface area contributed by atoms with Gasteiger partial charge >= 0.3 is 0 Å². The van der Waals surface area contributed by atoms with Crippen LogP contribution in [-0.2, 0) is 11.2 Å². The summed E-state index contributed by atoms with van der Waals surface area (Å²) in [6.45, 7) is 6.88. The van der Waals surface area contributed by atoms with Crippen molar-refractivity contribution in [1.29, 1.82) is 0 Å². The normalized spacial score (nSPS) is 11.5. The molecule has 15 heavy (non-hydrogen) atoms. The van der Waals surface area contributed by atoms with Crippen LogP contribution in [0.25, 0.3) is 0 Å². The van der Waals surface area contributed by atoms with Crippen LogP contribution < -0.4 is 5.32 Å². The molecule has 84 valence electrons. The number of rotatable bonds is 3. The maximum absolute atomic E-state index is 11.4. The number of hydrogen-bond acceptors (Lipinski definition) is 4. The highest BCUT2D eigenvalue weighted by Crippen LogP contribution is 2.23. The Bertz CT molecular complexity index is 366. The Morgan fingerprint density at radius 2 is 2.20 bits per heavy atom. The van der Waals surface area contributed by atoms with Gasteiger partial charge in [-0.15, -0.1) is 11.3 Å². The molecule has 0 aliphatic rings. The summed E-state index contributed by atoms with van der Waals surface area (Å²) in [5.74, 6) is -0.432. The average Bonchev–Trinajstić information content (AvgIpc) is 2.44. The molecule has 1 aromatic rings. The van der Waals surface area contributed by atoms with Crippen LogP contribution >= 0.6 is 11.3 Å². The van der Waals surface area contributed by atoms with E-state index in [9.17, 15) is 9.90 Å². The lowest BCUT2D eigenvalue weighted by Crippen LogP contribution is -2.36. The molecule has 0 unspecified atom stereocenters. The summed E-state index contributed by atoms with van der Waals surface area (Å²) >= 11 is 1.43. The maximum atomic E-state index is 11.4. The van der Waals surface area contributed by atoms with Gasteiger partial charge in [0.2, 0.25) is 0 Å². The SMILES string of the molecule is CCc1nc(NC(=O)C(C)(C)O)sc1C. The molecule has 0 saturated carbocycles. The van der Waals surface area contributed by atoms with Crippen LogP contribution in [0.4, 0.5) is 5.13 Å². The first-order valence-corrected chi connectivity index (χ1v) is 5.66. The predicted molar refractivity (Wildman–Crippen MR) is 61.2 cm³/mol. The quantitative estimate of drug-likeness (QED) is 0.828. The van der Waals surface area contributed by atoms with Gasteiger partial charge in [-0.25, -0.2) is 4.98 Å². The summed E-state index contributed by atoms with van der Waals surface area (Å²) in [5, 5.41) is 12.6. The number of nitrogens with one attached hydrogen (secondary N) is 1. The summed E-state index contributed by atoms with van der Waals surface area (Å²) in [6, 6.07) is 0. The van der Waals surface area contributed by atoms with Gasteiger partial charge in [-0.1, -0.05) is 6.92 Å². The Morgan fingerprint density at radius 3 is 2.60 bits per heavy atom. The van der Waals surface area contributed by atoms with Gasteiger partial charge in [-0.2, -0.15) is 0 Å². The van der Waals surface area contributed by atoms with Crippen molar-refractivity contribution in [3.63, 3.8) is 0 Å². The number of aliphatic hydroxyl groups is 1. The third-order valence-electron chi connectivity index (χ3n) is 2.00. The number of carbonyl (C=O) groups excluding carboxylic acids is 1. The number of thiazole rings is 1. The number of anilines is 1. The summed E-state index contributed by atoms with van der Waals surface area (Å²) in [4.78, 5) is 16.8. The van der Waals surface area contributed by atoms with Gasteiger partial charge in [-0.05, 0) is 27.2 Å². The predicted octanol–water partition coefficient (Wildman–Crippen LogP) is 1.72. The lowest BCUT2D eigenvalue weighted by Gasteiger charge is -2.14. The first-order chi connectivity index (χ1) is 6.84. The Morgan fingerprint density at radius 1 is 1.60 bits per heavy atom. The molecule has 0 atom stereocenters. The third-order valence-corrected chi connectivity index (χ3v) is 2.93. The van der Waals surface area contributed by atoms with Gasteiger partial charge in [0.1, 0.15) is 5.60 Å². The van der Waals surface area contributed by atoms with Gasteiger partial charge in [-0.3, -0.25) is 10.1 Å². The van der Waals surface area contributed by atoms with Gasteiger partial charge in [0.25, 0.3) is 5.91 Å². The van der Waals surface area contributed by atoms with Crippen LogP contribution in [0.5, 0.6) is 0 Å². The zero-order valence-electron chi connectivity index (χ0n) is 9.42. The largest absolute Gasteiger partial charge is 0.381 e. The second-order valence-electron chi connectivity index (χ2n) is 3.89. The first-order valence-electron chi connectivity index (χ1n) is 4.84. The number of carbonyl (C=O) groups is 1. The molecule has 5 heteroatoms. The number of aromatic nitrogens is 1. The van der Waals surface area contributed by atoms with Crippen LogP contribution in [0.1, 0.15) is 31.3 Å². The molecular formula is C10H16N2O2S. The van der Waals surface area contributed by atoms with E-state index in [-0.39, 0.29) is 0 Å². The second kappa shape index (κ2) is 4.28. The molecule has 2 N–H and O–H groups in total. The fourth-order valence-electron chi connectivity index (χ4n) is 1.06. The molecule has 1 rings (SSSR count). The van der Waals surface area contributed by atoms with Crippen LogP contribution in [0.15, 0.2) is 0 Å².